The van der Waals surface area contributed by atoms with Crippen LogP contribution in [0, 0.1) is 5.82 Å². The lowest BCUT2D eigenvalue weighted by Crippen LogP contribution is -2.20. The zero-order valence-corrected chi connectivity index (χ0v) is 15.4. The number of halogens is 1. The molecule has 0 radical (unpaired) electrons. The summed E-state index contributed by atoms with van der Waals surface area (Å²) >= 11 is 0. The van der Waals surface area contributed by atoms with Gasteiger partial charge < -0.3 is 20.1 Å². The summed E-state index contributed by atoms with van der Waals surface area (Å²) in [7, 11) is 1.55. The number of carbonyl (C=O) groups is 1. The average Bonchev–Trinajstić information content (AvgIpc) is 2.73. The first-order chi connectivity index (χ1) is 13.6. The summed E-state index contributed by atoms with van der Waals surface area (Å²) in [5.74, 6) is 0.488. The highest BCUT2D eigenvalue weighted by molar-refractivity contribution is 5.91. The summed E-state index contributed by atoms with van der Waals surface area (Å²) in [6.45, 7) is 0.412. The van der Waals surface area contributed by atoms with Gasteiger partial charge >= 0.3 is 0 Å². The third kappa shape index (κ3) is 5.48. The molecule has 5 nitrogen and oxygen atoms in total. The molecule has 0 bridgehead atoms. The fourth-order valence-corrected chi connectivity index (χ4v) is 2.57. The molecule has 3 aromatic carbocycles. The summed E-state index contributed by atoms with van der Waals surface area (Å²) in [6.07, 6.45) is 0. The van der Waals surface area contributed by atoms with Gasteiger partial charge in [0.05, 0.1) is 7.11 Å². The second kappa shape index (κ2) is 9.41. The third-order valence-electron chi connectivity index (χ3n) is 3.99. The molecule has 0 saturated carbocycles. The Balaban J connectivity index is 1.56. The minimum atomic E-state index is -0.273. The summed E-state index contributed by atoms with van der Waals surface area (Å²) in [6, 6.07) is 20.8. The maximum Gasteiger partial charge on any atom is 0.262 e. The van der Waals surface area contributed by atoms with Crippen molar-refractivity contribution in [2.24, 2.45) is 0 Å². The molecule has 6 heteroatoms. The van der Waals surface area contributed by atoms with E-state index in [4.69, 9.17) is 9.47 Å². The van der Waals surface area contributed by atoms with E-state index in [-0.39, 0.29) is 18.3 Å². The Morgan fingerprint density at radius 1 is 0.929 bits per heavy atom. The van der Waals surface area contributed by atoms with Crippen LogP contribution in [-0.2, 0) is 11.3 Å². The van der Waals surface area contributed by atoms with Crippen LogP contribution in [0.1, 0.15) is 5.56 Å². The Morgan fingerprint density at radius 3 is 2.39 bits per heavy atom. The van der Waals surface area contributed by atoms with E-state index >= 15 is 0 Å². The Kier molecular flexibility index (Phi) is 6.46. The number of nitrogens with one attached hydrogen (secondary N) is 2. The number of carbonyl (C=O) groups excluding carboxylic acids is 1. The van der Waals surface area contributed by atoms with Crippen molar-refractivity contribution in [2.45, 2.75) is 6.54 Å². The molecule has 0 atom stereocenters. The van der Waals surface area contributed by atoms with Gasteiger partial charge in [0.2, 0.25) is 0 Å². The van der Waals surface area contributed by atoms with Gasteiger partial charge in [-0.25, -0.2) is 4.39 Å². The van der Waals surface area contributed by atoms with E-state index in [0.717, 1.165) is 11.3 Å². The first-order valence-corrected chi connectivity index (χ1v) is 8.78. The summed E-state index contributed by atoms with van der Waals surface area (Å²) < 4.78 is 23.9. The van der Waals surface area contributed by atoms with Gasteiger partial charge in [0.15, 0.2) is 18.1 Å². The number of hydrogen-bond donors (Lipinski definition) is 2. The van der Waals surface area contributed by atoms with Crippen LogP contribution in [0.4, 0.5) is 15.8 Å². The van der Waals surface area contributed by atoms with Crippen LogP contribution in [0.5, 0.6) is 11.5 Å². The standard InChI is InChI=1S/C22H21FN2O3/c1-27-21-13-16(14-24-18-10-8-17(23)9-11-18)7-12-20(21)28-15-22(26)25-19-5-3-2-4-6-19/h2-13,24H,14-15H2,1H3,(H,25,26). The van der Waals surface area contributed by atoms with Crippen molar-refractivity contribution in [3.05, 3.63) is 84.2 Å². The molecular weight excluding hydrogens is 359 g/mol. The minimum absolute atomic E-state index is 0.127. The maximum atomic E-state index is 13.0. The molecule has 0 saturated heterocycles. The molecule has 144 valence electrons. The van der Waals surface area contributed by atoms with Gasteiger partial charge in [-0.1, -0.05) is 24.3 Å². The summed E-state index contributed by atoms with van der Waals surface area (Å²) in [5.41, 5.74) is 2.49. The highest BCUT2D eigenvalue weighted by atomic mass is 19.1. The zero-order chi connectivity index (χ0) is 19.8. The smallest absolute Gasteiger partial charge is 0.262 e. The summed E-state index contributed by atoms with van der Waals surface area (Å²) in [5, 5.41) is 5.97. The number of benzene rings is 3. The predicted octanol–water partition coefficient (Wildman–Crippen LogP) is 4.46. The van der Waals surface area contributed by atoms with E-state index in [9.17, 15) is 9.18 Å². The Bertz CT molecular complexity index is 915. The van der Waals surface area contributed by atoms with Crippen molar-refractivity contribution < 1.29 is 18.7 Å². The second-order valence-corrected chi connectivity index (χ2v) is 6.05. The average molecular weight is 380 g/mol. The van der Waals surface area contributed by atoms with Crippen LogP contribution in [0.15, 0.2) is 72.8 Å². The molecule has 1 amide bonds. The number of para-hydroxylation sites is 1. The lowest BCUT2D eigenvalue weighted by molar-refractivity contribution is -0.118. The fourth-order valence-electron chi connectivity index (χ4n) is 2.57. The lowest BCUT2D eigenvalue weighted by Gasteiger charge is -2.13. The molecule has 0 unspecified atom stereocenters. The Labute approximate surface area is 163 Å². The Hall–Kier alpha value is -3.54. The van der Waals surface area contributed by atoms with Crippen molar-refractivity contribution in [2.75, 3.05) is 24.4 Å². The highest BCUT2D eigenvalue weighted by Gasteiger charge is 2.09. The van der Waals surface area contributed by atoms with Crippen LogP contribution < -0.4 is 20.1 Å². The van der Waals surface area contributed by atoms with Crippen molar-refractivity contribution in [3.8, 4) is 11.5 Å². The molecule has 28 heavy (non-hydrogen) atoms. The predicted molar refractivity (Wildman–Crippen MR) is 107 cm³/mol. The van der Waals surface area contributed by atoms with Crippen LogP contribution in [-0.4, -0.2) is 19.6 Å². The number of rotatable bonds is 8. The number of anilines is 2. The molecule has 0 aliphatic carbocycles. The van der Waals surface area contributed by atoms with Crippen LogP contribution in [0.3, 0.4) is 0 Å². The molecule has 3 rings (SSSR count). The number of methoxy groups -OCH3 is 1. The van der Waals surface area contributed by atoms with Crippen molar-refractivity contribution in [1.29, 1.82) is 0 Å². The maximum absolute atomic E-state index is 13.0. The molecule has 0 spiro atoms. The summed E-state index contributed by atoms with van der Waals surface area (Å²) in [4.78, 5) is 12.0. The molecule has 0 fully saturated rings. The molecular formula is C22H21FN2O3. The molecule has 2 N–H and O–H groups in total. The van der Waals surface area contributed by atoms with E-state index in [1.807, 2.05) is 30.3 Å². The van der Waals surface area contributed by atoms with Crippen LogP contribution in [0.25, 0.3) is 0 Å². The molecule has 0 aliphatic heterocycles. The van der Waals surface area contributed by atoms with E-state index in [1.54, 1.807) is 37.4 Å². The monoisotopic (exact) mass is 380 g/mol. The normalized spacial score (nSPS) is 10.2. The lowest BCUT2D eigenvalue weighted by atomic mass is 10.2. The molecule has 0 aliphatic rings. The second-order valence-electron chi connectivity index (χ2n) is 6.05. The van der Waals surface area contributed by atoms with E-state index in [2.05, 4.69) is 10.6 Å². The molecule has 3 aromatic rings. The van der Waals surface area contributed by atoms with Gasteiger partial charge in [0.25, 0.3) is 5.91 Å². The minimum Gasteiger partial charge on any atom is -0.493 e. The Morgan fingerprint density at radius 2 is 1.68 bits per heavy atom. The van der Waals surface area contributed by atoms with E-state index in [0.29, 0.717) is 23.7 Å². The highest BCUT2D eigenvalue weighted by Crippen LogP contribution is 2.28. The SMILES string of the molecule is COc1cc(CNc2ccc(F)cc2)ccc1OCC(=O)Nc1ccccc1. The van der Waals surface area contributed by atoms with Crippen LogP contribution in [0.2, 0.25) is 0 Å². The van der Waals surface area contributed by atoms with Crippen molar-refractivity contribution in [3.63, 3.8) is 0 Å². The number of amides is 1. The van der Waals surface area contributed by atoms with Gasteiger partial charge in [-0.2, -0.15) is 0 Å². The molecule has 0 aromatic heterocycles. The first-order valence-electron chi connectivity index (χ1n) is 8.78. The molecule has 0 heterocycles. The topological polar surface area (TPSA) is 59.6 Å². The van der Waals surface area contributed by atoms with Gasteiger partial charge in [-0.3, -0.25) is 4.79 Å². The van der Waals surface area contributed by atoms with Gasteiger partial charge in [0, 0.05) is 17.9 Å². The van der Waals surface area contributed by atoms with Gasteiger partial charge in [-0.05, 0) is 54.1 Å². The van der Waals surface area contributed by atoms with Gasteiger partial charge in [0.1, 0.15) is 5.82 Å². The first kappa shape index (κ1) is 19.2. The number of hydrogen-bond acceptors (Lipinski definition) is 4. The zero-order valence-electron chi connectivity index (χ0n) is 15.4. The van der Waals surface area contributed by atoms with Crippen molar-refractivity contribution >= 4 is 17.3 Å². The van der Waals surface area contributed by atoms with Gasteiger partial charge in [-0.15, -0.1) is 0 Å². The quantitative estimate of drug-likeness (QED) is 0.606. The number of ether oxygens (including phenoxy) is 2. The van der Waals surface area contributed by atoms with E-state index < -0.39 is 0 Å². The van der Waals surface area contributed by atoms with Crippen LogP contribution >= 0.6 is 0 Å². The third-order valence-corrected chi connectivity index (χ3v) is 3.99. The van der Waals surface area contributed by atoms with E-state index in [1.165, 1.54) is 12.1 Å². The fraction of sp³-hybridized carbons (Fsp3) is 0.136. The largest absolute Gasteiger partial charge is 0.493 e. The van der Waals surface area contributed by atoms with Crippen molar-refractivity contribution in [1.82, 2.24) is 0 Å².